The maximum atomic E-state index is 11.9. The number of benzene rings is 1. The van der Waals surface area contributed by atoms with Crippen LogP contribution in [0, 0.1) is 0 Å². The van der Waals surface area contributed by atoms with E-state index in [1.165, 1.54) is 7.11 Å². The standard InChI is InChI=1S/C15H18N2O3/c1-3-14(18)13(17-15(19)20-2)8-10-9-16-12-7-5-4-6-11(10)12/h4-7,9,13,16H,3,8H2,1-2H3,(H,17,19)/t13-/m0/s1. The normalized spacial score (nSPS) is 12.1. The lowest BCUT2D eigenvalue weighted by Gasteiger charge is -2.15. The summed E-state index contributed by atoms with van der Waals surface area (Å²) in [4.78, 5) is 26.4. The summed E-state index contributed by atoms with van der Waals surface area (Å²) in [5.74, 6) is -0.0133. The number of methoxy groups -OCH3 is 1. The highest BCUT2D eigenvalue weighted by molar-refractivity contribution is 5.89. The van der Waals surface area contributed by atoms with Gasteiger partial charge in [0.05, 0.1) is 13.2 Å². The number of fused-ring (bicyclic) bond motifs is 1. The van der Waals surface area contributed by atoms with E-state index in [9.17, 15) is 9.59 Å². The van der Waals surface area contributed by atoms with Crippen molar-refractivity contribution in [3.63, 3.8) is 0 Å². The summed E-state index contributed by atoms with van der Waals surface area (Å²) >= 11 is 0. The second kappa shape index (κ2) is 6.23. The van der Waals surface area contributed by atoms with Crippen LogP contribution >= 0.6 is 0 Å². The number of nitrogens with one attached hydrogen (secondary N) is 2. The lowest BCUT2D eigenvalue weighted by atomic mass is 10.0. The number of alkyl carbamates (subject to hydrolysis) is 1. The highest BCUT2D eigenvalue weighted by Crippen LogP contribution is 2.19. The van der Waals surface area contributed by atoms with Gasteiger partial charge in [0.1, 0.15) is 0 Å². The topological polar surface area (TPSA) is 71.2 Å². The fourth-order valence-electron chi connectivity index (χ4n) is 2.21. The van der Waals surface area contributed by atoms with E-state index < -0.39 is 12.1 Å². The lowest BCUT2D eigenvalue weighted by molar-refractivity contribution is -0.120. The number of carbonyl (C=O) groups is 2. The fraction of sp³-hybridized carbons (Fsp3) is 0.333. The molecular weight excluding hydrogens is 256 g/mol. The number of ether oxygens (including phenoxy) is 1. The van der Waals surface area contributed by atoms with Crippen LogP contribution in [0.5, 0.6) is 0 Å². The number of hydrogen-bond donors (Lipinski definition) is 2. The average Bonchev–Trinajstić information content (AvgIpc) is 2.89. The molecule has 5 heteroatoms. The van der Waals surface area contributed by atoms with Gasteiger partial charge in [-0.05, 0) is 11.6 Å². The molecule has 2 N–H and O–H groups in total. The number of aromatic amines is 1. The van der Waals surface area contributed by atoms with Crippen LogP contribution in [0.3, 0.4) is 0 Å². The third kappa shape index (κ3) is 2.99. The van der Waals surface area contributed by atoms with Gasteiger partial charge in [0.2, 0.25) is 0 Å². The molecule has 5 nitrogen and oxygen atoms in total. The van der Waals surface area contributed by atoms with Crippen molar-refractivity contribution in [1.29, 1.82) is 0 Å². The molecule has 0 spiro atoms. The summed E-state index contributed by atoms with van der Waals surface area (Å²) < 4.78 is 4.57. The van der Waals surface area contributed by atoms with Crippen LogP contribution in [0.2, 0.25) is 0 Å². The number of H-pyrrole nitrogens is 1. The van der Waals surface area contributed by atoms with Gasteiger partial charge in [0.25, 0.3) is 0 Å². The van der Waals surface area contributed by atoms with Gasteiger partial charge in [0.15, 0.2) is 5.78 Å². The fourth-order valence-corrected chi connectivity index (χ4v) is 2.21. The summed E-state index contributed by atoms with van der Waals surface area (Å²) in [5, 5.41) is 3.66. The summed E-state index contributed by atoms with van der Waals surface area (Å²) in [6.07, 6.45) is 2.11. The Morgan fingerprint density at radius 2 is 2.10 bits per heavy atom. The molecule has 0 aliphatic carbocycles. The number of para-hydroxylation sites is 1. The Morgan fingerprint density at radius 3 is 2.80 bits per heavy atom. The first-order chi connectivity index (χ1) is 9.65. The van der Waals surface area contributed by atoms with Crippen molar-refractivity contribution in [2.24, 2.45) is 0 Å². The number of ketones is 1. The van der Waals surface area contributed by atoms with E-state index in [-0.39, 0.29) is 5.78 Å². The number of hydrogen-bond acceptors (Lipinski definition) is 3. The molecule has 0 saturated carbocycles. The second-order valence-corrected chi connectivity index (χ2v) is 4.57. The molecule has 0 fully saturated rings. The first kappa shape index (κ1) is 14.1. The van der Waals surface area contributed by atoms with Crippen molar-refractivity contribution >= 4 is 22.8 Å². The van der Waals surface area contributed by atoms with E-state index in [0.717, 1.165) is 16.5 Å². The number of amides is 1. The molecule has 0 aliphatic rings. The zero-order chi connectivity index (χ0) is 14.5. The molecule has 2 aromatic rings. The summed E-state index contributed by atoms with van der Waals surface area (Å²) in [7, 11) is 1.29. The van der Waals surface area contributed by atoms with Crippen LogP contribution in [0.4, 0.5) is 4.79 Å². The minimum absolute atomic E-state index is 0.0133. The molecule has 106 valence electrons. The summed E-state index contributed by atoms with van der Waals surface area (Å²) in [6.45, 7) is 1.78. The Morgan fingerprint density at radius 1 is 1.35 bits per heavy atom. The van der Waals surface area contributed by atoms with E-state index in [1.54, 1.807) is 6.92 Å². The van der Waals surface area contributed by atoms with Crippen molar-refractivity contribution < 1.29 is 14.3 Å². The van der Waals surface area contributed by atoms with Gasteiger partial charge in [-0.3, -0.25) is 4.79 Å². The SMILES string of the molecule is CCC(=O)[C@H](Cc1c[nH]c2ccccc12)NC(=O)OC. The van der Waals surface area contributed by atoms with Gasteiger partial charge < -0.3 is 15.0 Å². The van der Waals surface area contributed by atoms with Crippen molar-refractivity contribution in [3.05, 3.63) is 36.0 Å². The van der Waals surface area contributed by atoms with Crippen LogP contribution in [0.25, 0.3) is 10.9 Å². The van der Waals surface area contributed by atoms with Crippen LogP contribution in [0.1, 0.15) is 18.9 Å². The second-order valence-electron chi connectivity index (χ2n) is 4.57. The lowest BCUT2D eigenvalue weighted by Crippen LogP contribution is -2.42. The quantitative estimate of drug-likeness (QED) is 0.879. The molecule has 0 aliphatic heterocycles. The minimum atomic E-state index is -0.586. The van der Waals surface area contributed by atoms with Gasteiger partial charge in [-0.15, -0.1) is 0 Å². The first-order valence-electron chi connectivity index (χ1n) is 6.58. The molecule has 2 rings (SSSR count). The Balaban J connectivity index is 2.22. The minimum Gasteiger partial charge on any atom is -0.453 e. The van der Waals surface area contributed by atoms with Gasteiger partial charge in [0, 0.05) is 29.9 Å². The summed E-state index contributed by atoms with van der Waals surface area (Å²) in [5.41, 5.74) is 2.02. The predicted octanol–water partition coefficient (Wildman–Crippen LogP) is 2.41. The number of aromatic nitrogens is 1. The molecular formula is C15H18N2O3. The molecule has 1 heterocycles. The number of Topliss-reactive ketones (excluding diaryl/α,β-unsaturated/α-hetero) is 1. The molecule has 1 atom stereocenters. The molecule has 0 radical (unpaired) electrons. The molecule has 0 unspecified atom stereocenters. The molecule has 1 aromatic carbocycles. The van der Waals surface area contributed by atoms with Crippen LogP contribution in [0.15, 0.2) is 30.5 Å². The van der Waals surface area contributed by atoms with Crippen molar-refractivity contribution in [2.75, 3.05) is 7.11 Å². The largest absolute Gasteiger partial charge is 0.453 e. The van der Waals surface area contributed by atoms with Crippen molar-refractivity contribution in [1.82, 2.24) is 10.3 Å². The Bertz CT molecular complexity index is 618. The number of rotatable bonds is 5. The third-order valence-corrected chi connectivity index (χ3v) is 3.31. The molecule has 0 saturated heterocycles. The number of carbonyl (C=O) groups excluding carboxylic acids is 2. The van der Waals surface area contributed by atoms with Gasteiger partial charge in [-0.1, -0.05) is 25.1 Å². The third-order valence-electron chi connectivity index (χ3n) is 3.31. The first-order valence-corrected chi connectivity index (χ1v) is 6.58. The predicted molar refractivity (Wildman–Crippen MR) is 76.6 cm³/mol. The Kier molecular flexibility index (Phi) is 4.40. The van der Waals surface area contributed by atoms with Gasteiger partial charge in [-0.25, -0.2) is 4.79 Å². The average molecular weight is 274 g/mol. The van der Waals surface area contributed by atoms with Gasteiger partial charge >= 0.3 is 6.09 Å². The molecule has 1 amide bonds. The van der Waals surface area contributed by atoms with Crippen LogP contribution in [-0.4, -0.2) is 30.0 Å². The zero-order valence-corrected chi connectivity index (χ0v) is 11.6. The molecule has 20 heavy (non-hydrogen) atoms. The molecule has 0 bridgehead atoms. The smallest absolute Gasteiger partial charge is 0.407 e. The highest BCUT2D eigenvalue weighted by atomic mass is 16.5. The van der Waals surface area contributed by atoms with E-state index in [1.807, 2.05) is 30.5 Å². The van der Waals surface area contributed by atoms with Crippen molar-refractivity contribution in [3.8, 4) is 0 Å². The monoisotopic (exact) mass is 274 g/mol. The van der Waals surface area contributed by atoms with Crippen molar-refractivity contribution in [2.45, 2.75) is 25.8 Å². The molecule has 1 aromatic heterocycles. The zero-order valence-electron chi connectivity index (χ0n) is 11.6. The van der Waals surface area contributed by atoms with Crippen LogP contribution < -0.4 is 5.32 Å². The maximum Gasteiger partial charge on any atom is 0.407 e. The van der Waals surface area contributed by atoms with E-state index >= 15 is 0 Å². The van der Waals surface area contributed by atoms with Gasteiger partial charge in [-0.2, -0.15) is 0 Å². The highest BCUT2D eigenvalue weighted by Gasteiger charge is 2.21. The Labute approximate surface area is 117 Å². The van der Waals surface area contributed by atoms with E-state index in [2.05, 4.69) is 15.0 Å². The Hall–Kier alpha value is -2.30. The summed E-state index contributed by atoms with van der Waals surface area (Å²) in [6, 6.07) is 7.30. The van der Waals surface area contributed by atoms with Crippen LogP contribution in [-0.2, 0) is 16.0 Å². The maximum absolute atomic E-state index is 11.9. The van der Waals surface area contributed by atoms with E-state index in [0.29, 0.717) is 12.8 Å². The van der Waals surface area contributed by atoms with E-state index in [4.69, 9.17) is 0 Å².